The number of amides is 1. The van der Waals surface area contributed by atoms with Crippen LogP contribution in [0.5, 0.6) is 5.75 Å². The van der Waals surface area contributed by atoms with Crippen LogP contribution in [-0.4, -0.2) is 48.1 Å². The highest BCUT2D eigenvalue weighted by molar-refractivity contribution is 5.98. The van der Waals surface area contributed by atoms with Gasteiger partial charge in [-0.15, -0.1) is 0 Å². The van der Waals surface area contributed by atoms with E-state index in [2.05, 4.69) is 11.1 Å². The second-order valence-corrected chi connectivity index (χ2v) is 9.15. The van der Waals surface area contributed by atoms with E-state index in [0.29, 0.717) is 38.1 Å². The Morgan fingerprint density at radius 1 is 0.939 bits per heavy atom. The normalized spacial score (nSPS) is 19.2. The van der Waals surface area contributed by atoms with Crippen LogP contribution in [0.3, 0.4) is 0 Å². The fraction of sp³-hybridized carbons (Fsp3) is 0.407. The monoisotopic (exact) mass is 446 g/mol. The number of aryl methyl sites for hydroxylation is 1. The van der Waals surface area contributed by atoms with Crippen molar-refractivity contribution in [3.8, 4) is 5.75 Å². The van der Waals surface area contributed by atoms with Gasteiger partial charge in [-0.05, 0) is 68.0 Å². The number of carbonyl (C=O) groups is 2. The summed E-state index contributed by atoms with van der Waals surface area (Å²) in [4.78, 5) is 31.3. The van der Waals surface area contributed by atoms with Gasteiger partial charge in [0.25, 0.3) is 5.91 Å². The Labute approximate surface area is 193 Å². The van der Waals surface area contributed by atoms with Gasteiger partial charge in [-0.2, -0.15) is 0 Å². The van der Waals surface area contributed by atoms with Gasteiger partial charge in [0.1, 0.15) is 19.0 Å². The van der Waals surface area contributed by atoms with Crippen molar-refractivity contribution in [3.63, 3.8) is 0 Å². The molecular formula is C27H30N2O4. The van der Waals surface area contributed by atoms with Crippen LogP contribution >= 0.6 is 0 Å². The number of hydrogen-bond donors (Lipinski definition) is 1. The fourth-order valence-corrected chi connectivity index (χ4v) is 5.13. The molecule has 172 valence electrons. The Morgan fingerprint density at radius 2 is 1.76 bits per heavy atom. The Balaban J connectivity index is 1.25. The molecule has 2 aromatic carbocycles. The maximum Gasteiger partial charge on any atom is 0.312 e. The van der Waals surface area contributed by atoms with E-state index in [1.54, 1.807) is 0 Å². The Bertz CT molecular complexity index is 1140. The van der Waals surface area contributed by atoms with Crippen molar-refractivity contribution in [2.24, 2.45) is 5.41 Å². The number of aromatic nitrogens is 1. The number of nitrogens with one attached hydrogen (secondary N) is 1. The summed E-state index contributed by atoms with van der Waals surface area (Å²) in [5.41, 5.74) is 2.40. The highest BCUT2D eigenvalue weighted by Crippen LogP contribution is 2.39. The molecule has 1 aromatic heterocycles. The molecule has 0 atom stereocenters. The second kappa shape index (κ2) is 9.30. The molecule has 0 aliphatic carbocycles. The van der Waals surface area contributed by atoms with E-state index >= 15 is 0 Å². The minimum Gasteiger partial charge on any atom is -0.490 e. The summed E-state index contributed by atoms with van der Waals surface area (Å²) in [5.74, 6) is 0.772. The Kier molecular flexibility index (Phi) is 6.07. The Hall–Kier alpha value is -3.28. The first kappa shape index (κ1) is 21.6. The van der Waals surface area contributed by atoms with Crippen LogP contribution in [0.1, 0.15) is 48.0 Å². The van der Waals surface area contributed by atoms with E-state index in [1.165, 1.54) is 5.56 Å². The minimum absolute atomic E-state index is 0.0273. The average molecular weight is 447 g/mol. The first-order valence-corrected chi connectivity index (χ1v) is 11.9. The molecule has 6 nitrogen and oxygen atoms in total. The first-order chi connectivity index (χ1) is 16.1. The second-order valence-electron chi connectivity index (χ2n) is 9.15. The summed E-state index contributed by atoms with van der Waals surface area (Å²) < 4.78 is 11.5. The highest BCUT2D eigenvalue weighted by atomic mass is 16.6. The number of benzene rings is 2. The van der Waals surface area contributed by atoms with Crippen molar-refractivity contribution in [2.75, 3.05) is 26.3 Å². The number of H-pyrrole nitrogens is 1. The van der Waals surface area contributed by atoms with Crippen LogP contribution in [0, 0.1) is 5.41 Å². The van der Waals surface area contributed by atoms with Gasteiger partial charge in [0.2, 0.25) is 0 Å². The van der Waals surface area contributed by atoms with Crippen LogP contribution < -0.4 is 4.74 Å². The molecule has 1 spiro atoms. The number of nitrogens with zero attached hydrogens (tertiary/aromatic N) is 1. The third-order valence-electron chi connectivity index (χ3n) is 7.14. The molecule has 0 radical (unpaired) electrons. The number of fused-ring (bicyclic) bond motifs is 2. The number of cyclic esters (lactones) is 1. The molecule has 1 N–H and O–H groups in total. The maximum absolute atomic E-state index is 13.1. The fourth-order valence-electron chi connectivity index (χ4n) is 5.13. The van der Waals surface area contributed by atoms with Gasteiger partial charge in [-0.1, -0.05) is 24.6 Å². The lowest BCUT2D eigenvalue weighted by Gasteiger charge is -2.40. The van der Waals surface area contributed by atoms with Crippen molar-refractivity contribution in [1.29, 1.82) is 0 Å². The molecule has 3 aromatic rings. The van der Waals surface area contributed by atoms with Gasteiger partial charge in [-0.25, -0.2) is 0 Å². The molecule has 3 heterocycles. The number of aromatic amines is 1. The predicted molar refractivity (Wildman–Crippen MR) is 126 cm³/mol. The van der Waals surface area contributed by atoms with E-state index in [4.69, 9.17) is 9.47 Å². The maximum atomic E-state index is 13.1. The van der Waals surface area contributed by atoms with E-state index in [-0.39, 0.29) is 18.5 Å². The highest BCUT2D eigenvalue weighted by Gasteiger charge is 2.43. The van der Waals surface area contributed by atoms with Crippen molar-refractivity contribution in [3.05, 3.63) is 65.9 Å². The lowest BCUT2D eigenvalue weighted by atomic mass is 9.74. The summed E-state index contributed by atoms with van der Waals surface area (Å²) in [6, 6.07) is 15.8. The van der Waals surface area contributed by atoms with Gasteiger partial charge >= 0.3 is 5.97 Å². The summed E-state index contributed by atoms with van der Waals surface area (Å²) in [7, 11) is 0. The standard InChI is InChI=1S/C27H30N2O4/c30-25(22-8-9-23-21(19-22)10-14-28-23)29-15-12-27(13-16-29)11-4-3-6-20-5-1-2-7-24(20)32-17-18-33-26(27)31/h1-2,5,7-10,14,19,28H,3-4,6,11-13,15-18H2. The first-order valence-electron chi connectivity index (χ1n) is 11.9. The van der Waals surface area contributed by atoms with Gasteiger partial charge in [-0.3, -0.25) is 9.59 Å². The summed E-state index contributed by atoms with van der Waals surface area (Å²) in [6.07, 6.45) is 6.83. The number of piperidine rings is 1. The lowest BCUT2D eigenvalue weighted by Crippen LogP contribution is -2.47. The molecule has 6 heteroatoms. The van der Waals surface area contributed by atoms with Gasteiger partial charge in [0, 0.05) is 35.8 Å². The molecule has 1 saturated heterocycles. The number of hydrogen-bond acceptors (Lipinski definition) is 4. The zero-order valence-electron chi connectivity index (χ0n) is 18.8. The number of para-hydroxylation sites is 1. The van der Waals surface area contributed by atoms with Crippen LogP contribution in [0.15, 0.2) is 54.7 Å². The number of esters is 1. The van der Waals surface area contributed by atoms with Gasteiger partial charge in [0.05, 0.1) is 5.41 Å². The van der Waals surface area contributed by atoms with Crippen molar-refractivity contribution < 1.29 is 19.1 Å². The number of rotatable bonds is 1. The van der Waals surface area contributed by atoms with Gasteiger partial charge < -0.3 is 19.4 Å². The quantitative estimate of drug-likeness (QED) is 0.548. The zero-order valence-corrected chi connectivity index (χ0v) is 18.8. The largest absolute Gasteiger partial charge is 0.490 e. The lowest BCUT2D eigenvalue weighted by molar-refractivity contribution is -0.160. The molecule has 0 saturated carbocycles. The van der Waals surface area contributed by atoms with Crippen LogP contribution in [-0.2, 0) is 16.0 Å². The average Bonchev–Trinajstić information content (AvgIpc) is 3.32. The molecule has 5 rings (SSSR count). The molecule has 33 heavy (non-hydrogen) atoms. The Morgan fingerprint density at radius 3 is 2.64 bits per heavy atom. The molecular weight excluding hydrogens is 416 g/mol. The van der Waals surface area contributed by atoms with E-state index in [9.17, 15) is 9.59 Å². The number of carbonyl (C=O) groups excluding carboxylic acids is 2. The van der Waals surface area contributed by atoms with E-state index in [0.717, 1.165) is 42.3 Å². The van der Waals surface area contributed by atoms with E-state index < -0.39 is 5.41 Å². The van der Waals surface area contributed by atoms with Gasteiger partial charge in [0.15, 0.2) is 0 Å². The van der Waals surface area contributed by atoms with Crippen LogP contribution in [0.4, 0.5) is 0 Å². The third-order valence-corrected chi connectivity index (χ3v) is 7.14. The third kappa shape index (κ3) is 4.47. The van der Waals surface area contributed by atoms with Crippen molar-refractivity contribution in [2.45, 2.75) is 38.5 Å². The summed E-state index contributed by atoms with van der Waals surface area (Å²) in [5, 5.41) is 1.03. The zero-order chi connectivity index (χ0) is 22.7. The molecule has 0 bridgehead atoms. The minimum atomic E-state index is -0.514. The summed E-state index contributed by atoms with van der Waals surface area (Å²) in [6.45, 7) is 1.73. The topological polar surface area (TPSA) is 71.6 Å². The van der Waals surface area contributed by atoms with Crippen molar-refractivity contribution >= 4 is 22.8 Å². The SMILES string of the molecule is O=C(c1ccc2[nH]ccc2c1)N1CCC2(CCCCc3ccccc3OCCOC2=O)CC1. The molecule has 1 amide bonds. The smallest absolute Gasteiger partial charge is 0.312 e. The summed E-state index contributed by atoms with van der Waals surface area (Å²) >= 11 is 0. The number of ether oxygens (including phenoxy) is 2. The number of likely N-dealkylation sites (tertiary alicyclic amines) is 1. The molecule has 0 unspecified atom stereocenters. The molecule has 2 aliphatic rings. The molecule has 2 aliphatic heterocycles. The predicted octanol–water partition coefficient (Wildman–Crippen LogP) is 4.74. The van der Waals surface area contributed by atoms with E-state index in [1.807, 2.05) is 53.6 Å². The van der Waals surface area contributed by atoms with Crippen LogP contribution in [0.2, 0.25) is 0 Å². The van der Waals surface area contributed by atoms with Crippen LogP contribution in [0.25, 0.3) is 10.9 Å². The van der Waals surface area contributed by atoms with Crippen molar-refractivity contribution in [1.82, 2.24) is 9.88 Å². The molecule has 1 fully saturated rings.